The van der Waals surface area contributed by atoms with Crippen LogP contribution in [0, 0.1) is 0 Å². The van der Waals surface area contributed by atoms with Crippen LogP contribution in [0.15, 0.2) is 59.6 Å². The molecular formula is C19H24ClIN4O. The van der Waals surface area contributed by atoms with Crippen LogP contribution in [0.25, 0.3) is 0 Å². The van der Waals surface area contributed by atoms with Gasteiger partial charge in [0.1, 0.15) is 0 Å². The fourth-order valence-corrected chi connectivity index (χ4v) is 2.45. The number of aliphatic imine (C=N–C) groups is 1. The first-order valence-corrected chi connectivity index (χ1v) is 8.59. The van der Waals surface area contributed by atoms with E-state index in [2.05, 4.69) is 20.9 Å². The zero-order valence-corrected chi connectivity index (χ0v) is 17.8. The Kier molecular flexibility index (Phi) is 10.7. The first-order valence-electron chi connectivity index (χ1n) is 8.21. The minimum absolute atomic E-state index is 0. The van der Waals surface area contributed by atoms with Gasteiger partial charge in [-0.2, -0.15) is 0 Å². The molecule has 0 spiro atoms. The van der Waals surface area contributed by atoms with Gasteiger partial charge in [-0.15, -0.1) is 24.0 Å². The third kappa shape index (κ3) is 8.05. The lowest BCUT2D eigenvalue weighted by atomic mass is 10.2. The minimum atomic E-state index is -0.0518. The highest BCUT2D eigenvalue weighted by Gasteiger charge is 2.03. The van der Waals surface area contributed by atoms with Crippen LogP contribution in [-0.2, 0) is 6.54 Å². The Morgan fingerprint density at radius 2 is 1.73 bits per heavy atom. The number of guanidine groups is 1. The molecule has 1 amide bonds. The van der Waals surface area contributed by atoms with Gasteiger partial charge in [0.05, 0.1) is 0 Å². The summed E-state index contributed by atoms with van der Waals surface area (Å²) in [6.45, 7) is 1.96. The van der Waals surface area contributed by atoms with Crippen molar-refractivity contribution in [3.8, 4) is 0 Å². The van der Waals surface area contributed by atoms with Gasteiger partial charge in [-0.05, 0) is 36.2 Å². The summed E-state index contributed by atoms with van der Waals surface area (Å²) in [7, 11) is 1.73. The molecule has 0 fully saturated rings. The highest BCUT2D eigenvalue weighted by molar-refractivity contribution is 14.0. The molecule has 3 N–H and O–H groups in total. The monoisotopic (exact) mass is 486 g/mol. The van der Waals surface area contributed by atoms with Crippen LogP contribution in [-0.4, -0.2) is 32.0 Å². The summed E-state index contributed by atoms with van der Waals surface area (Å²) >= 11 is 5.97. The lowest BCUT2D eigenvalue weighted by Crippen LogP contribution is -2.38. The van der Waals surface area contributed by atoms with Crippen molar-refractivity contribution in [2.75, 3.05) is 20.1 Å². The van der Waals surface area contributed by atoms with Crippen LogP contribution in [0.1, 0.15) is 22.3 Å². The summed E-state index contributed by atoms with van der Waals surface area (Å²) in [5, 5.41) is 10.1. The Balaban J connectivity index is 0.00000338. The molecule has 5 nitrogen and oxygen atoms in total. The lowest BCUT2D eigenvalue weighted by Gasteiger charge is -2.12. The Bertz CT molecular complexity index is 710. The maximum absolute atomic E-state index is 11.9. The number of hydrogen-bond donors (Lipinski definition) is 3. The molecule has 0 aliphatic carbocycles. The number of carbonyl (C=O) groups excluding carboxylic acids is 1. The van der Waals surface area contributed by atoms with Crippen molar-refractivity contribution in [2.45, 2.75) is 13.0 Å². The van der Waals surface area contributed by atoms with Crippen LogP contribution in [0.5, 0.6) is 0 Å². The van der Waals surface area contributed by atoms with Crippen LogP contribution < -0.4 is 16.0 Å². The molecule has 0 radical (unpaired) electrons. The number of carbonyl (C=O) groups is 1. The van der Waals surface area contributed by atoms with Crippen molar-refractivity contribution >= 4 is 47.4 Å². The van der Waals surface area contributed by atoms with E-state index in [1.165, 1.54) is 0 Å². The van der Waals surface area contributed by atoms with Crippen molar-refractivity contribution < 1.29 is 4.79 Å². The smallest absolute Gasteiger partial charge is 0.251 e. The first kappa shape index (κ1) is 22.2. The molecule has 0 saturated carbocycles. The predicted molar refractivity (Wildman–Crippen MR) is 118 cm³/mol. The molecule has 2 aromatic rings. The standard InChI is InChI=1S/C19H23ClN4O.HI/c1-21-19(24-14-15-7-5-10-17(20)13-15)23-12-6-11-22-18(25)16-8-3-2-4-9-16;/h2-5,7-10,13H,6,11-12,14H2,1H3,(H,22,25)(H2,21,23,24);1H. The molecule has 0 unspecified atom stereocenters. The second kappa shape index (κ2) is 12.5. The van der Waals surface area contributed by atoms with Gasteiger partial charge in [0.2, 0.25) is 0 Å². The summed E-state index contributed by atoms with van der Waals surface area (Å²) in [6.07, 6.45) is 0.802. The van der Waals surface area contributed by atoms with Crippen LogP contribution in [0.4, 0.5) is 0 Å². The molecule has 0 aliphatic rings. The van der Waals surface area contributed by atoms with Gasteiger partial charge in [-0.25, -0.2) is 0 Å². The third-order valence-corrected chi connectivity index (χ3v) is 3.78. The molecule has 0 saturated heterocycles. The molecule has 140 valence electrons. The Morgan fingerprint density at radius 1 is 1.00 bits per heavy atom. The van der Waals surface area contributed by atoms with Crippen LogP contribution >= 0.6 is 35.6 Å². The summed E-state index contributed by atoms with van der Waals surface area (Å²) in [5.74, 6) is 0.665. The molecule has 0 aliphatic heterocycles. The zero-order chi connectivity index (χ0) is 17.9. The van der Waals surface area contributed by atoms with E-state index in [-0.39, 0.29) is 29.9 Å². The molecule has 7 heteroatoms. The fraction of sp³-hybridized carbons (Fsp3) is 0.263. The first-order chi connectivity index (χ1) is 12.2. The summed E-state index contributed by atoms with van der Waals surface area (Å²) in [4.78, 5) is 16.1. The molecule has 0 aromatic heterocycles. The summed E-state index contributed by atoms with van der Waals surface area (Å²) in [6, 6.07) is 16.9. The lowest BCUT2D eigenvalue weighted by molar-refractivity contribution is 0.0953. The predicted octanol–water partition coefficient (Wildman–Crippen LogP) is 3.44. The fourth-order valence-electron chi connectivity index (χ4n) is 2.24. The number of benzene rings is 2. The van der Waals surface area contributed by atoms with Gasteiger partial charge in [0.15, 0.2) is 5.96 Å². The van der Waals surface area contributed by atoms with E-state index in [1.807, 2.05) is 42.5 Å². The van der Waals surface area contributed by atoms with Gasteiger partial charge in [0.25, 0.3) is 5.91 Å². The highest BCUT2D eigenvalue weighted by atomic mass is 127. The highest BCUT2D eigenvalue weighted by Crippen LogP contribution is 2.10. The molecule has 0 atom stereocenters. The van der Waals surface area contributed by atoms with E-state index in [4.69, 9.17) is 11.6 Å². The minimum Gasteiger partial charge on any atom is -0.356 e. The number of nitrogens with zero attached hydrogens (tertiary/aromatic N) is 1. The van der Waals surface area contributed by atoms with E-state index in [0.717, 1.165) is 23.0 Å². The second-order valence-electron chi connectivity index (χ2n) is 5.46. The average Bonchev–Trinajstić information content (AvgIpc) is 2.64. The van der Waals surface area contributed by atoms with Crippen molar-refractivity contribution in [1.29, 1.82) is 0 Å². The van der Waals surface area contributed by atoms with E-state index in [0.29, 0.717) is 25.2 Å². The van der Waals surface area contributed by atoms with E-state index < -0.39 is 0 Å². The third-order valence-electron chi connectivity index (χ3n) is 3.54. The molecule has 26 heavy (non-hydrogen) atoms. The van der Waals surface area contributed by atoms with E-state index in [1.54, 1.807) is 19.2 Å². The van der Waals surface area contributed by atoms with Gasteiger partial charge in [-0.1, -0.05) is 41.9 Å². The Morgan fingerprint density at radius 3 is 2.42 bits per heavy atom. The Hall–Kier alpha value is -1.80. The molecule has 2 aromatic carbocycles. The quantitative estimate of drug-likeness (QED) is 0.243. The van der Waals surface area contributed by atoms with Gasteiger partial charge < -0.3 is 16.0 Å². The normalized spacial score (nSPS) is 10.6. The summed E-state index contributed by atoms with van der Waals surface area (Å²) in [5.41, 5.74) is 1.76. The number of hydrogen-bond acceptors (Lipinski definition) is 2. The number of rotatable bonds is 7. The molecule has 2 rings (SSSR count). The van der Waals surface area contributed by atoms with Crippen molar-refractivity contribution in [3.05, 3.63) is 70.7 Å². The maximum atomic E-state index is 11.9. The maximum Gasteiger partial charge on any atom is 0.251 e. The van der Waals surface area contributed by atoms with Crippen LogP contribution in [0.2, 0.25) is 5.02 Å². The van der Waals surface area contributed by atoms with Gasteiger partial charge in [-0.3, -0.25) is 9.79 Å². The Labute approximate surface area is 176 Å². The van der Waals surface area contributed by atoms with Crippen LogP contribution in [0.3, 0.4) is 0 Å². The van der Waals surface area contributed by atoms with Crippen molar-refractivity contribution in [1.82, 2.24) is 16.0 Å². The molecule has 0 heterocycles. The number of nitrogens with one attached hydrogen (secondary N) is 3. The van der Waals surface area contributed by atoms with E-state index >= 15 is 0 Å². The van der Waals surface area contributed by atoms with E-state index in [9.17, 15) is 4.79 Å². The molecule has 0 bridgehead atoms. The van der Waals surface area contributed by atoms with Gasteiger partial charge in [0, 0.05) is 37.3 Å². The SMILES string of the molecule is CN=C(NCCCNC(=O)c1ccccc1)NCc1cccc(Cl)c1.I. The number of halogens is 2. The average molecular weight is 487 g/mol. The second-order valence-corrected chi connectivity index (χ2v) is 5.89. The molecular weight excluding hydrogens is 463 g/mol. The van der Waals surface area contributed by atoms with Crippen molar-refractivity contribution in [3.63, 3.8) is 0 Å². The van der Waals surface area contributed by atoms with Crippen molar-refractivity contribution in [2.24, 2.45) is 4.99 Å². The summed E-state index contributed by atoms with van der Waals surface area (Å²) < 4.78 is 0. The number of amides is 1. The zero-order valence-electron chi connectivity index (χ0n) is 14.7. The van der Waals surface area contributed by atoms with Gasteiger partial charge >= 0.3 is 0 Å². The topological polar surface area (TPSA) is 65.5 Å². The largest absolute Gasteiger partial charge is 0.356 e.